The van der Waals surface area contributed by atoms with Crippen LogP contribution in [0.4, 0.5) is 14.3 Å². The van der Waals surface area contributed by atoms with E-state index >= 15 is 0 Å². The van der Waals surface area contributed by atoms with Gasteiger partial charge >= 0.3 is 187 Å². The standard InChI is InChI=1S/C21H26N2O7Se/c1-11(2)18(24)23-19-22-16(10-31-19)15-8-7-14(29-20(25)27-12(3)4)9-17(15)30-21(26)28-13(5)6/h7-13H,1-6H3,(H,22,23,24). The van der Waals surface area contributed by atoms with E-state index < -0.39 is 12.3 Å². The number of rotatable bonds is 7. The van der Waals surface area contributed by atoms with Crippen LogP contribution in [0.3, 0.4) is 0 Å². The van der Waals surface area contributed by atoms with Crippen LogP contribution < -0.4 is 14.8 Å². The van der Waals surface area contributed by atoms with Gasteiger partial charge in [0.1, 0.15) is 0 Å². The van der Waals surface area contributed by atoms with E-state index in [1.54, 1.807) is 47.6 Å². The Labute approximate surface area is 186 Å². The van der Waals surface area contributed by atoms with Gasteiger partial charge in [0.05, 0.1) is 0 Å². The molecule has 0 unspecified atom stereocenters. The second-order valence-electron chi connectivity index (χ2n) is 7.38. The maximum atomic E-state index is 12.1. The predicted molar refractivity (Wildman–Crippen MR) is 115 cm³/mol. The number of hydrogen-bond acceptors (Lipinski definition) is 8. The molecule has 0 spiro atoms. The maximum absolute atomic E-state index is 12.1. The van der Waals surface area contributed by atoms with Crippen LogP contribution in [0.2, 0.25) is 0 Å². The molecule has 1 heterocycles. The summed E-state index contributed by atoms with van der Waals surface area (Å²) in [5, 5.41) is 2.79. The molecule has 10 heteroatoms. The Balaban J connectivity index is 2.32. The number of amides is 1. The quantitative estimate of drug-likeness (QED) is 0.343. The Morgan fingerprint density at radius 3 is 2.13 bits per heavy atom. The van der Waals surface area contributed by atoms with E-state index in [-0.39, 0.29) is 50.0 Å². The average Bonchev–Trinajstić information content (AvgIpc) is 3.08. The van der Waals surface area contributed by atoms with Gasteiger partial charge in [-0.3, -0.25) is 0 Å². The van der Waals surface area contributed by atoms with Crippen molar-refractivity contribution in [3.8, 4) is 22.8 Å². The number of nitrogens with zero attached hydrogens (tertiary/aromatic N) is 1. The zero-order valence-electron chi connectivity index (χ0n) is 18.3. The van der Waals surface area contributed by atoms with E-state index in [0.717, 1.165) is 0 Å². The van der Waals surface area contributed by atoms with Crippen molar-refractivity contribution in [2.75, 3.05) is 5.32 Å². The summed E-state index contributed by atoms with van der Waals surface area (Å²) in [5.74, 6) is -0.0696. The van der Waals surface area contributed by atoms with Crippen molar-refractivity contribution in [1.29, 1.82) is 0 Å². The van der Waals surface area contributed by atoms with E-state index in [0.29, 0.717) is 15.9 Å². The number of aromatic nitrogens is 1. The number of benzene rings is 1. The van der Waals surface area contributed by atoms with Gasteiger partial charge in [0.25, 0.3) is 0 Å². The van der Waals surface area contributed by atoms with Gasteiger partial charge in [-0.1, -0.05) is 0 Å². The van der Waals surface area contributed by atoms with Gasteiger partial charge in [-0.2, -0.15) is 0 Å². The topological polar surface area (TPSA) is 113 Å². The van der Waals surface area contributed by atoms with Gasteiger partial charge in [0, 0.05) is 0 Å². The molecule has 168 valence electrons. The van der Waals surface area contributed by atoms with E-state index in [1.807, 2.05) is 4.94 Å². The summed E-state index contributed by atoms with van der Waals surface area (Å²) < 4.78 is 21.0. The van der Waals surface area contributed by atoms with Crippen LogP contribution >= 0.6 is 0 Å². The summed E-state index contributed by atoms with van der Waals surface area (Å²) in [6, 6.07) is 4.52. The molecule has 0 atom stereocenters. The Morgan fingerprint density at radius 1 is 0.935 bits per heavy atom. The summed E-state index contributed by atoms with van der Waals surface area (Å²) >= 11 is -0.189. The molecule has 1 N–H and O–H groups in total. The van der Waals surface area contributed by atoms with E-state index in [2.05, 4.69) is 10.3 Å². The van der Waals surface area contributed by atoms with Crippen LogP contribution in [-0.4, -0.2) is 49.9 Å². The number of carbonyl (C=O) groups excluding carboxylic acids is 3. The molecule has 0 bridgehead atoms. The summed E-state index contributed by atoms with van der Waals surface area (Å²) in [4.78, 5) is 42.1. The first-order chi connectivity index (χ1) is 14.5. The molecule has 0 fully saturated rings. The minimum absolute atomic E-state index is 0.0998. The number of hydrogen-bond donors (Lipinski definition) is 1. The molecule has 1 aromatic heterocycles. The second-order valence-corrected chi connectivity index (χ2v) is 9.18. The fourth-order valence-electron chi connectivity index (χ4n) is 2.19. The summed E-state index contributed by atoms with van der Waals surface area (Å²) in [5.41, 5.74) is 1.02. The fraction of sp³-hybridized carbons (Fsp3) is 0.429. The number of carbonyl (C=O) groups is 3. The predicted octanol–water partition coefficient (Wildman–Crippen LogP) is 4.25. The van der Waals surface area contributed by atoms with Crippen molar-refractivity contribution >= 4 is 37.4 Å². The van der Waals surface area contributed by atoms with Gasteiger partial charge in [0.2, 0.25) is 0 Å². The van der Waals surface area contributed by atoms with Crippen LogP contribution in [0.1, 0.15) is 41.5 Å². The number of anilines is 1. The molecule has 1 aromatic carbocycles. The molecule has 31 heavy (non-hydrogen) atoms. The van der Waals surface area contributed by atoms with E-state index in [9.17, 15) is 14.4 Å². The zero-order valence-corrected chi connectivity index (χ0v) is 20.0. The Hall–Kier alpha value is -2.84. The Kier molecular flexibility index (Phi) is 8.65. The second kappa shape index (κ2) is 11.0. The third kappa shape index (κ3) is 7.73. The molecule has 9 nitrogen and oxygen atoms in total. The molecular formula is C21H26N2O7Se. The monoisotopic (exact) mass is 498 g/mol. The van der Waals surface area contributed by atoms with E-state index in [1.165, 1.54) is 12.1 Å². The Bertz CT molecular complexity index is 938. The first kappa shape index (κ1) is 24.4. The van der Waals surface area contributed by atoms with Crippen molar-refractivity contribution in [3.05, 3.63) is 23.1 Å². The fourth-order valence-corrected chi connectivity index (χ4v) is 3.68. The third-order valence-corrected chi connectivity index (χ3v) is 5.14. The van der Waals surface area contributed by atoms with Crippen molar-refractivity contribution < 1.29 is 33.3 Å². The summed E-state index contributed by atoms with van der Waals surface area (Å²) in [6.07, 6.45) is -2.50. The average molecular weight is 497 g/mol. The number of nitrogens with one attached hydrogen (secondary N) is 1. The first-order valence-corrected chi connectivity index (χ1v) is 11.6. The van der Waals surface area contributed by atoms with Crippen LogP contribution in [0.5, 0.6) is 11.5 Å². The van der Waals surface area contributed by atoms with Crippen LogP contribution in [0.15, 0.2) is 23.1 Å². The van der Waals surface area contributed by atoms with Gasteiger partial charge in [0.15, 0.2) is 0 Å². The zero-order chi connectivity index (χ0) is 23.1. The van der Waals surface area contributed by atoms with Crippen LogP contribution in [0.25, 0.3) is 11.3 Å². The molecule has 0 aliphatic rings. The molecule has 2 aromatic rings. The van der Waals surface area contributed by atoms with Gasteiger partial charge in [-0.05, 0) is 0 Å². The summed E-state index contributed by atoms with van der Waals surface area (Å²) in [7, 11) is 0. The van der Waals surface area contributed by atoms with E-state index in [4.69, 9.17) is 18.9 Å². The molecule has 0 radical (unpaired) electrons. The normalized spacial score (nSPS) is 10.9. The van der Waals surface area contributed by atoms with Gasteiger partial charge < -0.3 is 0 Å². The summed E-state index contributed by atoms with van der Waals surface area (Å²) in [6.45, 7) is 10.4. The SMILES string of the molecule is CC(C)OC(=O)Oc1ccc(-c2c[se]c(NC(=O)C(C)C)n2)c(OC(=O)OC(C)C)c1. The third-order valence-electron chi connectivity index (χ3n) is 3.55. The molecule has 0 aliphatic heterocycles. The molecule has 1 amide bonds. The van der Waals surface area contributed by atoms with Gasteiger partial charge in [-0.15, -0.1) is 0 Å². The van der Waals surface area contributed by atoms with Crippen molar-refractivity contribution in [2.24, 2.45) is 5.92 Å². The minimum atomic E-state index is -0.903. The first-order valence-electron chi connectivity index (χ1n) is 9.73. The van der Waals surface area contributed by atoms with Crippen molar-refractivity contribution in [2.45, 2.75) is 53.8 Å². The molecular weight excluding hydrogens is 471 g/mol. The van der Waals surface area contributed by atoms with Crippen molar-refractivity contribution in [1.82, 2.24) is 4.98 Å². The molecule has 2 rings (SSSR count). The number of ether oxygens (including phenoxy) is 4. The molecule has 0 saturated carbocycles. The molecule has 0 saturated heterocycles. The van der Waals surface area contributed by atoms with Gasteiger partial charge in [-0.25, -0.2) is 0 Å². The van der Waals surface area contributed by atoms with Crippen LogP contribution in [0, 0.1) is 5.92 Å². The van der Waals surface area contributed by atoms with Crippen molar-refractivity contribution in [3.63, 3.8) is 0 Å². The molecule has 0 aliphatic carbocycles. The Morgan fingerprint density at radius 2 is 1.55 bits per heavy atom. The van der Waals surface area contributed by atoms with Crippen LogP contribution in [-0.2, 0) is 14.3 Å².